The third-order valence-electron chi connectivity index (χ3n) is 7.14. The van der Waals surface area contributed by atoms with Crippen molar-refractivity contribution in [2.75, 3.05) is 37.4 Å². The van der Waals surface area contributed by atoms with Gasteiger partial charge >= 0.3 is 6.03 Å². The number of pyridine rings is 1. The molecule has 3 N–H and O–H groups in total. The van der Waals surface area contributed by atoms with Crippen LogP contribution in [-0.2, 0) is 17.8 Å². The molecule has 3 aromatic rings. The Morgan fingerprint density at radius 3 is 2.65 bits per heavy atom. The fourth-order valence-corrected chi connectivity index (χ4v) is 4.83. The fourth-order valence-electron chi connectivity index (χ4n) is 4.83. The fraction of sp³-hybridized carbons (Fsp3) is 0.448. The Labute approximate surface area is 234 Å². The van der Waals surface area contributed by atoms with E-state index >= 15 is 0 Å². The lowest BCUT2D eigenvalue weighted by atomic mass is 10.0. The van der Waals surface area contributed by atoms with Gasteiger partial charge in [0.15, 0.2) is 5.76 Å². The number of likely N-dealkylation sites (N-methyl/N-ethyl adjacent to an activating group) is 1. The van der Waals surface area contributed by atoms with E-state index in [1.165, 1.54) is 0 Å². The highest BCUT2D eigenvalue weighted by Crippen LogP contribution is 2.29. The second kappa shape index (κ2) is 12.9. The Balaban J connectivity index is 1.57. The van der Waals surface area contributed by atoms with Gasteiger partial charge in [-0.1, -0.05) is 12.1 Å². The standard InChI is InChI=1S/C29H38N6O5/c1-18-14-35(19(2)17-36)27(37)13-23-12-24(31-29(38)32-28-20(3)33-40-21(28)4)6-7-25(23)39-26(18)16-34(5)15-22-8-10-30-11-9-22/h6-12,18-19,26,36H,13-17H2,1-5H3,(H2,31,32,38)/t18-,19-,26+/m1/s1. The number of aryl methyl sites for hydroxylation is 2. The predicted molar refractivity (Wildman–Crippen MR) is 151 cm³/mol. The summed E-state index contributed by atoms with van der Waals surface area (Å²) in [7, 11) is 2.04. The third kappa shape index (κ3) is 7.16. The second-order valence-electron chi connectivity index (χ2n) is 10.5. The van der Waals surface area contributed by atoms with E-state index in [9.17, 15) is 14.7 Å². The smallest absolute Gasteiger partial charge is 0.323 e. The number of aliphatic hydroxyl groups excluding tert-OH is 1. The summed E-state index contributed by atoms with van der Waals surface area (Å²) in [4.78, 5) is 34.2. The lowest BCUT2D eigenvalue weighted by Gasteiger charge is -2.34. The number of carbonyl (C=O) groups is 2. The third-order valence-corrected chi connectivity index (χ3v) is 7.14. The molecule has 11 nitrogen and oxygen atoms in total. The lowest BCUT2D eigenvalue weighted by Crippen LogP contribution is -2.47. The van der Waals surface area contributed by atoms with Crippen molar-refractivity contribution in [2.45, 2.75) is 52.8 Å². The number of hydrogen-bond donors (Lipinski definition) is 3. The Morgan fingerprint density at radius 2 is 1.98 bits per heavy atom. The number of rotatable bonds is 8. The molecule has 4 rings (SSSR count). The zero-order valence-electron chi connectivity index (χ0n) is 23.7. The molecule has 1 aliphatic rings. The first-order valence-electron chi connectivity index (χ1n) is 13.4. The topological polar surface area (TPSA) is 133 Å². The van der Waals surface area contributed by atoms with Crippen molar-refractivity contribution in [1.29, 1.82) is 0 Å². The second-order valence-corrected chi connectivity index (χ2v) is 10.5. The van der Waals surface area contributed by atoms with E-state index in [-0.39, 0.29) is 37.0 Å². The highest BCUT2D eigenvalue weighted by Gasteiger charge is 2.31. The number of anilines is 2. The van der Waals surface area contributed by atoms with Gasteiger partial charge in [-0.2, -0.15) is 0 Å². The Bertz CT molecular complexity index is 1290. The quantitative estimate of drug-likeness (QED) is 0.387. The van der Waals surface area contributed by atoms with Gasteiger partial charge in [-0.05, 0) is 63.7 Å². The van der Waals surface area contributed by atoms with Crippen LogP contribution in [0, 0.1) is 19.8 Å². The van der Waals surface area contributed by atoms with Crippen molar-refractivity contribution < 1.29 is 24.0 Å². The van der Waals surface area contributed by atoms with Gasteiger partial charge in [0.05, 0.1) is 19.1 Å². The molecule has 40 heavy (non-hydrogen) atoms. The van der Waals surface area contributed by atoms with Crippen molar-refractivity contribution in [1.82, 2.24) is 19.9 Å². The monoisotopic (exact) mass is 550 g/mol. The molecule has 0 radical (unpaired) electrons. The van der Waals surface area contributed by atoms with Crippen molar-refractivity contribution in [3.8, 4) is 5.75 Å². The summed E-state index contributed by atoms with van der Waals surface area (Å²) < 4.78 is 11.7. The highest BCUT2D eigenvalue weighted by atomic mass is 16.5. The molecule has 1 aliphatic heterocycles. The number of nitrogens with one attached hydrogen (secondary N) is 2. The van der Waals surface area contributed by atoms with Crippen molar-refractivity contribution >= 4 is 23.3 Å². The van der Waals surface area contributed by atoms with Gasteiger partial charge in [0, 0.05) is 49.2 Å². The van der Waals surface area contributed by atoms with Crippen molar-refractivity contribution in [3.05, 3.63) is 65.3 Å². The molecule has 3 amide bonds. The number of urea groups is 1. The molecule has 0 fully saturated rings. The number of carbonyl (C=O) groups excluding carboxylic acids is 2. The average molecular weight is 551 g/mol. The first kappa shape index (κ1) is 29.0. The number of aliphatic hydroxyl groups is 1. The zero-order valence-corrected chi connectivity index (χ0v) is 23.7. The molecule has 11 heteroatoms. The van der Waals surface area contributed by atoms with Crippen LogP contribution in [0.4, 0.5) is 16.2 Å². The summed E-state index contributed by atoms with van der Waals surface area (Å²) >= 11 is 0. The molecular formula is C29H38N6O5. The molecule has 0 spiro atoms. The van der Waals surface area contributed by atoms with E-state index in [0.717, 1.165) is 12.1 Å². The Hall–Kier alpha value is -3.96. The first-order valence-corrected chi connectivity index (χ1v) is 13.4. The summed E-state index contributed by atoms with van der Waals surface area (Å²) in [6.45, 7) is 9.03. The van der Waals surface area contributed by atoms with Crippen LogP contribution in [-0.4, -0.2) is 75.9 Å². The van der Waals surface area contributed by atoms with Gasteiger partial charge < -0.3 is 29.9 Å². The maximum Gasteiger partial charge on any atom is 0.323 e. The van der Waals surface area contributed by atoms with Crippen LogP contribution in [0.25, 0.3) is 0 Å². The number of amides is 3. The minimum Gasteiger partial charge on any atom is -0.488 e. The van der Waals surface area contributed by atoms with E-state index < -0.39 is 6.03 Å². The zero-order chi connectivity index (χ0) is 28.8. The number of hydrogen-bond acceptors (Lipinski definition) is 8. The van der Waals surface area contributed by atoms with Crippen molar-refractivity contribution in [3.63, 3.8) is 0 Å². The van der Waals surface area contributed by atoms with E-state index in [4.69, 9.17) is 9.26 Å². The van der Waals surface area contributed by atoms with Gasteiger partial charge in [-0.15, -0.1) is 0 Å². The summed E-state index contributed by atoms with van der Waals surface area (Å²) in [6.07, 6.45) is 3.40. The first-order chi connectivity index (χ1) is 19.1. The maximum absolute atomic E-state index is 13.4. The Kier molecular flexibility index (Phi) is 9.38. The SMILES string of the molecule is Cc1noc(C)c1NC(=O)Nc1ccc2c(c1)CC(=O)N([C@H](C)CO)C[C@@H](C)[C@H](CN(C)Cc1ccncc1)O2. The number of nitrogens with zero attached hydrogens (tertiary/aromatic N) is 4. The molecule has 214 valence electrons. The van der Waals surface area contributed by atoms with Gasteiger partial charge in [0.25, 0.3) is 0 Å². The van der Waals surface area contributed by atoms with E-state index in [2.05, 4.69) is 32.6 Å². The largest absolute Gasteiger partial charge is 0.488 e. The molecule has 0 unspecified atom stereocenters. The number of aromatic nitrogens is 2. The van der Waals surface area contributed by atoms with Crippen LogP contribution in [0.15, 0.2) is 47.2 Å². The molecule has 0 saturated heterocycles. The van der Waals surface area contributed by atoms with Gasteiger partial charge in [0.1, 0.15) is 23.2 Å². The predicted octanol–water partition coefficient (Wildman–Crippen LogP) is 3.61. The van der Waals surface area contributed by atoms with Crippen LogP contribution in [0.5, 0.6) is 5.75 Å². The van der Waals surface area contributed by atoms with Gasteiger partial charge in [-0.25, -0.2) is 4.79 Å². The molecular weight excluding hydrogens is 512 g/mol. The maximum atomic E-state index is 13.4. The summed E-state index contributed by atoms with van der Waals surface area (Å²) in [5.41, 5.74) is 3.41. The molecule has 1 aromatic carbocycles. The summed E-state index contributed by atoms with van der Waals surface area (Å²) in [5.74, 6) is 0.981. The summed E-state index contributed by atoms with van der Waals surface area (Å²) in [6, 6.07) is 8.48. The van der Waals surface area contributed by atoms with Gasteiger partial charge in [-0.3, -0.25) is 14.7 Å². The van der Waals surface area contributed by atoms with Crippen LogP contribution in [0.2, 0.25) is 0 Å². The molecule has 2 aromatic heterocycles. The summed E-state index contributed by atoms with van der Waals surface area (Å²) in [5, 5.41) is 19.3. The Morgan fingerprint density at radius 1 is 1.23 bits per heavy atom. The normalized spacial score (nSPS) is 18.3. The lowest BCUT2D eigenvalue weighted by molar-refractivity contribution is -0.134. The van der Waals surface area contributed by atoms with Crippen LogP contribution >= 0.6 is 0 Å². The number of benzene rings is 1. The molecule has 0 bridgehead atoms. The van der Waals surface area contributed by atoms with E-state index in [1.807, 2.05) is 26.1 Å². The van der Waals surface area contributed by atoms with Crippen molar-refractivity contribution in [2.24, 2.45) is 5.92 Å². The number of fused-ring (bicyclic) bond motifs is 1. The molecule has 0 saturated carbocycles. The average Bonchev–Trinajstić information content (AvgIpc) is 3.25. The minimum atomic E-state index is -0.454. The molecule has 3 heterocycles. The van der Waals surface area contributed by atoms with Crippen LogP contribution in [0.3, 0.4) is 0 Å². The number of ether oxygens (including phenoxy) is 1. The highest BCUT2D eigenvalue weighted by molar-refractivity contribution is 6.00. The van der Waals surface area contributed by atoms with E-state index in [0.29, 0.717) is 47.2 Å². The van der Waals surface area contributed by atoms with Gasteiger partial charge in [0.2, 0.25) is 5.91 Å². The van der Waals surface area contributed by atoms with Crippen LogP contribution < -0.4 is 15.4 Å². The molecule has 0 aliphatic carbocycles. The van der Waals surface area contributed by atoms with Crippen LogP contribution in [0.1, 0.15) is 36.4 Å². The minimum absolute atomic E-state index is 0.0116. The molecule has 3 atom stereocenters. The van der Waals surface area contributed by atoms with E-state index in [1.54, 1.807) is 49.3 Å².